The van der Waals surface area contributed by atoms with Crippen LogP contribution < -0.4 is 5.32 Å². The Hall–Kier alpha value is -2.76. The largest absolute Gasteiger partial charge is 0.416 e. The highest BCUT2D eigenvalue weighted by Crippen LogP contribution is 2.34. The maximum Gasteiger partial charge on any atom is 0.416 e. The molecule has 0 unspecified atom stereocenters. The molecule has 1 N–H and O–H groups in total. The topological polar surface area (TPSA) is 67.2 Å². The lowest BCUT2D eigenvalue weighted by molar-refractivity contribution is -0.138. The number of halogens is 4. The summed E-state index contributed by atoms with van der Waals surface area (Å²) in [4.78, 5) is 3.94. The molecule has 2 aromatic carbocycles. The van der Waals surface area contributed by atoms with E-state index in [0.29, 0.717) is 5.56 Å². The number of nitrogens with zero attached hydrogens (tertiary/aromatic N) is 3. The number of rotatable bonds is 6. The van der Waals surface area contributed by atoms with Crippen LogP contribution in [0.25, 0.3) is 0 Å². The summed E-state index contributed by atoms with van der Waals surface area (Å²) in [5, 5.41) is 3.00. The fraction of sp³-hybridized carbons (Fsp3) is 0.318. The van der Waals surface area contributed by atoms with Crippen LogP contribution in [0.4, 0.5) is 17.6 Å². The van der Waals surface area contributed by atoms with Crippen molar-refractivity contribution in [3.63, 3.8) is 0 Å². The number of alkyl halides is 3. The van der Waals surface area contributed by atoms with E-state index < -0.39 is 33.6 Å². The third kappa shape index (κ3) is 4.94. The van der Waals surface area contributed by atoms with E-state index in [9.17, 15) is 26.0 Å². The average Bonchev–Trinajstić information content (AvgIpc) is 3.40. The molecule has 0 aliphatic carbocycles. The van der Waals surface area contributed by atoms with Crippen LogP contribution in [0.1, 0.15) is 22.6 Å². The van der Waals surface area contributed by atoms with Gasteiger partial charge in [-0.15, -0.1) is 0 Å². The zero-order valence-electron chi connectivity index (χ0n) is 17.6. The Labute approximate surface area is 188 Å². The first-order valence-corrected chi connectivity index (χ1v) is 11.6. The molecule has 0 saturated carbocycles. The van der Waals surface area contributed by atoms with Crippen LogP contribution in [0.5, 0.6) is 0 Å². The molecular weight excluding hydrogens is 460 g/mol. The molecule has 0 bridgehead atoms. The summed E-state index contributed by atoms with van der Waals surface area (Å²) in [5.74, 6) is -0.819. The van der Waals surface area contributed by atoms with Crippen molar-refractivity contribution < 1.29 is 26.0 Å². The second kappa shape index (κ2) is 8.88. The molecule has 2 heterocycles. The van der Waals surface area contributed by atoms with Gasteiger partial charge in [0.15, 0.2) is 5.03 Å². The second-order valence-electron chi connectivity index (χ2n) is 8.00. The summed E-state index contributed by atoms with van der Waals surface area (Å²) in [7, 11) is -2.25. The van der Waals surface area contributed by atoms with Crippen LogP contribution in [0, 0.1) is 5.82 Å². The van der Waals surface area contributed by atoms with Crippen molar-refractivity contribution in [3.05, 3.63) is 83.6 Å². The van der Waals surface area contributed by atoms with Gasteiger partial charge in [0, 0.05) is 44.8 Å². The van der Waals surface area contributed by atoms with Gasteiger partial charge < -0.3 is 9.88 Å². The molecule has 6 nitrogen and oxygen atoms in total. The first-order chi connectivity index (χ1) is 15.6. The number of aromatic nitrogens is 2. The van der Waals surface area contributed by atoms with Crippen LogP contribution in [0.2, 0.25) is 0 Å². The van der Waals surface area contributed by atoms with Gasteiger partial charge >= 0.3 is 6.18 Å². The minimum Gasteiger partial charge on any atom is -0.339 e. The van der Waals surface area contributed by atoms with Gasteiger partial charge in [-0.2, -0.15) is 17.5 Å². The number of nitrogens with one attached hydrogen (secondary N) is 1. The molecule has 2 atom stereocenters. The molecule has 33 heavy (non-hydrogen) atoms. The Morgan fingerprint density at radius 2 is 1.79 bits per heavy atom. The Bertz CT molecular complexity index is 1230. The van der Waals surface area contributed by atoms with E-state index >= 15 is 0 Å². The minimum atomic E-state index is -4.50. The molecule has 4 rings (SSSR count). The van der Waals surface area contributed by atoms with Crippen LogP contribution in [0.3, 0.4) is 0 Å². The maximum absolute atomic E-state index is 13.4. The van der Waals surface area contributed by atoms with Gasteiger partial charge in [-0.25, -0.2) is 17.8 Å². The Morgan fingerprint density at radius 1 is 1.09 bits per heavy atom. The van der Waals surface area contributed by atoms with Gasteiger partial charge in [0.25, 0.3) is 10.0 Å². The fourth-order valence-corrected chi connectivity index (χ4v) is 5.52. The highest BCUT2D eigenvalue weighted by molar-refractivity contribution is 7.89. The Kier molecular flexibility index (Phi) is 6.30. The number of benzene rings is 2. The van der Waals surface area contributed by atoms with Gasteiger partial charge in [-0.1, -0.05) is 30.3 Å². The lowest BCUT2D eigenvalue weighted by atomic mass is 9.94. The van der Waals surface area contributed by atoms with Crippen molar-refractivity contribution in [2.45, 2.75) is 29.7 Å². The Morgan fingerprint density at radius 3 is 2.42 bits per heavy atom. The third-order valence-corrected chi connectivity index (χ3v) is 7.46. The summed E-state index contributed by atoms with van der Waals surface area (Å²) in [6, 6.07) is 10.4. The van der Waals surface area contributed by atoms with E-state index in [1.165, 1.54) is 51.7 Å². The summed E-state index contributed by atoms with van der Waals surface area (Å²) in [6.07, 6.45) is -1.73. The molecule has 1 aromatic heterocycles. The van der Waals surface area contributed by atoms with E-state index in [2.05, 4.69) is 10.3 Å². The molecule has 0 radical (unpaired) electrons. The second-order valence-corrected chi connectivity index (χ2v) is 9.88. The lowest BCUT2D eigenvalue weighted by Gasteiger charge is -2.21. The summed E-state index contributed by atoms with van der Waals surface area (Å²) >= 11 is 0. The third-order valence-electron chi connectivity index (χ3n) is 5.75. The number of hydrogen-bond donors (Lipinski definition) is 1. The molecule has 1 fully saturated rings. The highest BCUT2D eigenvalue weighted by Gasteiger charge is 2.41. The standard InChI is InChI=1S/C22H22F4N4O2S/c1-29-13-21(28-14-29)33(31,32)30-11-18(15-6-8-17(23)9-7-15)20(12-30)27-10-16-4-2-3-5-19(16)22(24,25)26/h2-9,13-14,18,20,27H,10-12H2,1H3/t18-,20+/m0/s1. The monoisotopic (exact) mass is 482 g/mol. The van der Waals surface area contributed by atoms with E-state index in [1.54, 1.807) is 19.2 Å². The molecule has 1 aliphatic heterocycles. The quantitative estimate of drug-likeness (QED) is 0.546. The number of imidazole rings is 1. The summed E-state index contributed by atoms with van der Waals surface area (Å²) < 4.78 is 82.6. The minimum absolute atomic E-state index is 0.0368. The smallest absolute Gasteiger partial charge is 0.339 e. The number of hydrogen-bond acceptors (Lipinski definition) is 4. The molecule has 0 amide bonds. The normalized spacial score (nSPS) is 19.8. The van der Waals surface area contributed by atoms with Crippen LogP contribution >= 0.6 is 0 Å². The van der Waals surface area contributed by atoms with Crippen LogP contribution in [-0.2, 0) is 29.8 Å². The average molecular weight is 483 g/mol. The molecule has 176 valence electrons. The zero-order valence-corrected chi connectivity index (χ0v) is 18.4. The van der Waals surface area contributed by atoms with Crippen molar-refractivity contribution in [3.8, 4) is 0 Å². The van der Waals surface area contributed by atoms with Gasteiger partial charge in [0.05, 0.1) is 11.9 Å². The van der Waals surface area contributed by atoms with Crippen LogP contribution in [0.15, 0.2) is 66.1 Å². The summed E-state index contributed by atoms with van der Waals surface area (Å²) in [5.41, 5.74) is 0.0115. The van der Waals surface area contributed by atoms with Gasteiger partial charge in [0.1, 0.15) is 5.82 Å². The van der Waals surface area contributed by atoms with E-state index in [4.69, 9.17) is 0 Å². The van der Waals surface area contributed by atoms with Crippen molar-refractivity contribution in [2.75, 3.05) is 13.1 Å². The van der Waals surface area contributed by atoms with Crippen molar-refractivity contribution >= 4 is 10.0 Å². The summed E-state index contributed by atoms with van der Waals surface area (Å²) in [6.45, 7) is 0.0216. The maximum atomic E-state index is 13.4. The van der Waals surface area contributed by atoms with Crippen LogP contribution in [-0.4, -0.2) is 41.4 Å². The SMILES string of the molecule is Cn1cnc(S(=O)(=O)N2C[C@@H](NCc3ccccc3C(F)(F)F)[C@H](c3ccc(F)cc3)C2)c1. The van der Waals surface area contributed by atoms with E-state index in [1.807, 2.05) is 0 Å². The molecule has 1 aliphatic rings. The fourth-order valence-electron chi connectivity index (χ4n) is 4.06. The molecular formula is C22H22F4N4O2S. The van der Waals surface area contributed by atoms with Gasteiger partial charge in [-0.3, -0.25) is 0 Å². The predicted octanol–water partition coefficient (Wildman–Crippen LogP) is 3.52. The first kappa shape index (κ1) is 23.4. The molecule has 0 spiro atoms. The lowest BCUT2D eigenvalue weighted by Crippen LogP contribution is -2.36. The first-order valence-electron chi connectivity index (χ1n) is 10.2. The molecule has 3 aromatic rings. The predicted molar refractivity (Wildman–Crippen MR) is 113 cm³/mol. The Balaban J connectivity index is 1.61. The van der Waals surface area contributed by atoms with E-state index in [-0.39, 0.29) is 36.1 Å². The van der Waals surface area contributed by atoms with Gasteiger partial charge in [0.2, 0.25) is 0 Å². The van der Waals surface area contributed by atoms with Crippen molar-refractivity contribution in [1.82, 2.24) is 19.2 Å². The van der Waals surface area contributed by atoms with E-state index in [0.717, 1.165) is 6.07 Å². The molecule has 11 heteroatoms. The van der Waals surface area contributed by atoms with Crippen molar-refractivity contribution in [2.24, 2.45) is 7.05 Å². The zero-order chi connectivity index (χ0) is 23.8. The number of aryl methyl sites for hydroxylation is 1. The number of sulfonamides is 1. The van der Waals surface area contributed by atoms with Gasteiger partial charge in [-0.05, 0) is 29.3 Å². The molecule has 1 saturated heterocycles. The highest BCUT2D eigenvalue weighted by atomic mass is 32.2. The van der Waals surface area contributed by atoms with Crippen molar-refractivity contribution in [1.29, 1.82) is 0 Å².